The van der Waals surface area contributed by atoms with Gasteiger partial charge in [0.2, 0.25) is 9.47 Å². The lowest BCUT2D eigenvalue weighted by Crippen LogP contribution is -2.48. The van der Waals surface area contributed by atoms with E-state index in [9.17, 15) is 23.3 Å². The van der Waals surface area contributed by atoms with Crippen molar-refractivity contribution in [3.8, 4) is 0 Å². The molecule has 168 valence electrons. The van der Waals surface area contributed by atoms with Crippen LogP contribution in [-0.2, 0) is 10.0 Å². The topological polar surface area (TPSA) is 152 Å². The molecule has 0 radical (unpaired) electrons. The molecule has 1 N–H and O–H groups in total. The second kappa shape index (κ2) is 8.82. The van der Waals surface area contributed by atoms with Gasteiger partial charge < -0.3 is 9.32 Å². The summed E-state index contributed by atoms with van der Waals surface area (Å²) in [6, 6.07) is 7.17. The first-order chi connectivity index (χ1) is 15.3. The number of nitro benzene ring substituents is 1. The van der Waals surface area contributed by atoms with Crippen LogP contribution < -0.4 is 10.2 Å². The van der Waals surface area contributed by atoms with Gasteiger partial charge in [-0.2, -0.15) is 4.31 Å². The normalized spacial score (nSPS) is 15.0. The summed E-state index contributed by atoms with van der Waals surface area (Å²) in [5.74, 6) is -0.505. The van der Waals surface area contributed by atoms with Crippen molar-refractivity contribution in [3.05, 3.63) is 57.5 Å². The number of nitrogens with zero attached hydrogens (tertiary/aromatic N) is 5. The summed E-state index contributed by atoms with van der Waals surface area (Å²) in [4.78, 5) is 24.2. The van der Waals surface area contributed by atoms with Gasteiger partial charge in [0.1, 0.15) is 0 Å². The van der Waals surface area contributed by atoms with Crippen LogP contribution in [0.5, 0.6) is 0 Å². The van der Waals surface area contributed by atoms with Gasteiger partial charge >= 0.3 is 0 Å². The molecule has 32 heavy (non-hydrogen) atoms. The highest BCUT2D eigenvalue weighted by molar-refractivity contribution is 7.91. The molecule has 1 aromatic carbocycles. The van der Waals surface area contributed by atoms with E-state index >= 15 is 0 Å². The summed E-state index contributed by atoms with van der Waals surface area (Å²) in [6.45, 7) is 0.974. The van der Waals surface area contributed by atoms with Gasteiger partial charge in [-0.15, -0.1) is 10.2 Å². The van der Waals surface area contributed by atoms with Crippen molar-refractivity contribution in [1.29, 1.82) is 0 Å². The number of halogens is 1. The lowest BCUT2D eigenvalue weighted by molar-refractivity contribution is -0.384. The summed E-state index contributed by atoms with van der Waals surface area (Å²) in [6.07, 6.45) is 1.34. The summed E-state index contributed by atoms with van der Waals surface area (Å²) in [7, 11) is -3.91. The van der Waals surface area contributed by atoms with Crippen LogP contribution in [-0.4, -0.2) is 59.9 Å². The molecule has 1 fully saturated rings. The number of nitrogens with one attached hydrogen (secondary N) is 1. The highest BCUT2D eigenvalue weighted by atomic mass is 35.5. The number of rotatable bonds is 6. The predicted molar refractivity (Wildman–Crippen MR) is 116 cm³/mol. The van der Waals surface area contributed by atoms with Gasteiger partial charge in [0.25, 0.3) is 21.6 Å². The van der Waals surface area contributed by atoms with Crippen molar-refractivity contribution < 1.29 is 22.6 Å². The van der Waals surface area contributed by atoms with Gasteiger partial charge in [-0.25, -0.2) is 8.42 Å². The first-order valence-electron chi connectivity index (χ1n) is 9.13. The first kappa shape index (κ1) is 22.1. The minimum absolute atomic E-state index is 0.0290. The maximum atomic E-state index is 12.9. The quantitative estimate of drug-likeness (QED) is 0.307. The third-order valence-corrected chi connectivity index (χ3v) is 8.04. The summed E-state index contributed by atoms with van der Waals surface area (Å²) in [5, 5.41) is 21.0. The van der Waals surface area contributed by atoms with E-state index in [1.165, 1.54) is 28.8 Å². The number of anilines is 2. The Morgan fingerprint density at radius 1 is 1.22 bits per heavy atom. The lowest BCUT2D eigenvalue weighted by atomic mass is 10.2. The zero-order valence-electron chi connectivity index (χ0n) is 16.2. The fourth-order valence-electron chi connectivity index (χ4n) is 3.08. The van der Waals surface area contributed by atoms with Crippen molar-refractivity contribution in [2.75, 3.05) is 36.4 Å². The number of carbonyl (C=O) groups is 1. The number of sulfonamides is 1. The van der Waals surface area contributed by atoms with Crippen LogP contribution in [0, 0.1) is 10.1 Å². The molecule has 1 saturated heterocycles. The lowest BCUT2D eigenvalue weighted by Gasteiger charge is -2.35. The molecule has 4 rings (SSSR count). The molecule has 0 bridgehead atoms. The van der Waals surface area contributed by atoms with E-state index < -0.39 is 20.9 Å². The molecular weight excluding hydrogens is 484 g/mol. The third kappa shape index (κ3) is 4.43. The van der Waals surface area contributed by atoms with Crippen molar-refractivity contribution in [1.82, 2.24) is 14.5 Å². The average Bonchev–Trinajstić information content (AvgIpc) is 3.46. The Balaban J connectivity index is 1.41. The Morgan fingerprint density at radius 3 is 2.59 bits per heavy atom. The van der Waals surface area contributed by atoms with Crippen LogP contribution in [0.2, 0.25) is 5.02 Å². The number of piperazine rings is 1. The Morgan fingerprint density at radius 2 is 1.97 bits per heavy atom. The van der Waals surface area contributed by atoms with E-state index in [4.69, 9.17) is 16.0 Å². The number of nitro groups is 1. The molecule has 0 atom stereocenters. The summed E-state index contributed by atoms with van der Waals surface area (Å²) < 4.78 is 31.9. The van der Waals surface area contributed by atoms with Crippen molar-refractivity contribution in [2.45, 2.75) is 4.34 Å². The predicted octanol–water partition coefficient (Wildman–Crippen LogP) is 2.46. The number of hydrogen-bond acceptors (Lipinski definition) is 10. The van der Waals surface area contributed by atoms with Crippen molar-refractivity contribution >= 4 is 55.4 Å². The van der Waals surface area contributed by atoms with E-state index in [1.807, 2.05) is 4.90 Å². The molecule has 0 spiro atoms. The van der Waals surface area contributed by atoms with E-state index in [1.54, 1.807) is 12.1 Å². The Hall–Kier alpha value is -3.07. The second-order valence-electron chi connectivity index (χ2n) is 6.59. The number of non-ortho nitro benzene ring substituents is 1. The zero-order chi connectivity index (χ0) is 22.9. The Labute approximate surface area is 190 Å². The smallest absolute Gasteiger partial charge is 0.293 e. The first-order valence-corrected chi connectivity index (χ1v) is 11.8. The van der Waals surface area contributed by atoms with Crippen LogP contribution in [0.15, 0.2) is 45.4 Å². The third-order valence-electron chi connectivity index (χ3n) is 4.65. The number of aromatic nitrogens is 2. The van der Waals surface area contributed by atoms with Gasteiger partial charge in [-0.3, -0.25) is 20.2 Å². The number of carbonyl (C=O) groups excluding carboxylic acids is 1. The molecule has 3 heterocycles. The molecule has 0 saturated carbocycles. The number of furan rings is 1. The molecule has 0 aliphatic carbocycles. The van der Waals surface area contributed by atoms with Crippen LogP contribution >= 0.6 is 22.9 Å². The highest BCUT2D eigenvalue weighted by Gasteiger charge is 2.32. The Bertz CT molecular complexity index is 1250. The summed E-state index contributed by atoms with van der Waals surface area (Å²) in [5.41, 5.74) is 0.472. The molecule has 1 aliphatic heterocycles. The number of benzene rings is 1. The molecular formula is C17H15ClN6O6S2. The monoisotopic (exact) mass is 498 g/mol. The minimum Gasteiger partial charge on any atom is -0.459 e. The fourth-order valence-corrected chi connectivity index (χ4v) is 5.83. The standard InChI is InChI=1S/C17H15ClN6O6S2/c18-12-10-11(24(26)27)3-4-13(12)22-5-7-23(8-6-22)32(28,29)17-21-20-16(31-17)19-15(25)14-2-1-9-30-14/h1-4,9-10H,5-8H2,(H,19,20,25). The second-order valence-corrected chi connectivity index (χ2v) is 10.1. The van der Waals surface area contributed by atoms with Crippen LogP contribution in [0.1, 0.15) is 10.6 Å². The van der Waals surface area contributed by atoms with Crippen LogP contribution in [0.3, 0.4) is 0 Å². The van der Waals surface area contributed by atoms with Crippen molar-refractivity contribution in [3.63, 3.8) is 0 Å². The van der Waals surface area contributed by atoms with Gasteiger partial charge in [0.05, 0.1) is 21.9 Å². The molecule has 2 aromatic heterocycles. The number of hydrogen-bond donors (Lipinski definition) is 1. The molecule has 0 unspecified atom stereocenters. The minimum atomic E-state index is -3.91. The molecule has 3 aromatic rings. The van der Waals surface area contributed by atoms with Crippen molar-refractivity contribution in [2.24, 2.45) is 0 Å². The van der Waals surface area contributed by atoms with E-state index in [2.05, 4.69) is 15.5 Å². The fraction of sp³-hybridized carbons (Fsp3) is 0.235. The maximum Gasteiger partial charge on any atom is 0.293 e. The largest absolute Gasteiger partial charge is 0.459 e. The highest BCUT2D eigenvalue weighted by Crippen LogP contribution is 2.31. The summed E-state index contributed by atoms with van der Waals surface area (Å²) >= 11 is 6.91. The van der Waals surface area contributed by atoms with Gasteiger partial charge in [-0.1, -0.05) is 22.9 Å². The molecule has 15 heteroatoms. The Kier molecular flexibility index (Phi) is 6.10. The van der Waals surface area contributed by atoms with Gasteiger partial charge in [0.15, 0.2) is 5.76 Å². The molecule has 1 aliphatic rings. The van der Waals surface area contributed by atoms with E-state index in [0.29, 0.717) is 18.8 Å². The number of amides is 1. The van der Waals surface area contributed by atoms with Crippen LogP contribution in [0.4, 0.5) is 16.5 Å². The van der Waals surface area contributed by atoms with E-state index in [0.717, 1.165) is 11.3 Å². The van der Waals surface area contributed by atoms with Crippen LogP contribution in [0.25, 0.3) is 0 Å². The average molecular weight is 499 g/mol. The SMILES string of the molecule is O=C(Nc1nnc(S(=O)(=O)N2CCN(c3ccc([N+](=O)[O-])cc3Cl)CC2)s1)c1ccco1. The maximum absolute atomic E-state index is 12.9. The zero-order valence-corrected chi connectivity index (χ0v) is 18.6. The van der Waals surface area contributed by atoms with Gasteiger partial charge in [0, 0.05) is 38.3 Å². The molecule has 12 nitrogen and oxygen atoms in total. The van der Waals surface area contributed by atoms with E-state index in [-0.39, 0.29) is 39.0 Å². The molecule has 1 amide bonds. The van der Waals surface area contributed by atoms with Gasteiger partial charge in [-0.05, 0) is 18.2 Å².